The highest BCUT2D eigenvalue weighted by molar-refractivity contribution is 7.93. The van der Waals surface area contributed by atoms with Gasteiger partial charge in [0, 0.05) is 11.6 Å². The SMILES string of the molecule is CC(NC(=O)c1ccc(C(F)(F)F)cc1NS(=O)(=O)c1cccc2nsnc12)c1ccc(F)cc1F. The van der Waals surface area contributed by atoms with E-state index >= 15 is 0 Å². The predicted octanol–water partition coefficient (Wildman–Crippen LogP) is 5.28. The van der Waals surface area contributed by atoms with Crippen LogP contribution in [0.1, 0.15) is 34.5 Å². The number of benzene rings is 3. The largest absolute Gasteiger partial charge is 0.416 e. The van der Waals surface area contributed by atoms with E-state index in [1.165, 1.54) is 25.1 Å². The molecule has 188 valence electrons. The van der Waals surface area contributed by atoms with E-state index < -0.39 is 56.6 Å². The quantitative estimate of drug-likeness (QED) is 0.323. The number of nitrogens with zero attached hydrogens (tertiary/aromatic N) is 2. The molecule has 4 aromatic rings. The van der Waals surface area contributed by atoms with Crippen molar-refractivity contribution in [2.45, 2.75) is 24.0 Å². The Morgan fingerprint density at radius 1 is 1.03 bits per heavy atom. The molecule has 14 heteroatoms. The normalized spacial score (nSPS) is 12.9. The van der Waals surface area contributed by atoms with Gasteiger partial charge in [-0.2, -0.15) is 21.9 Å². The number of rotatable bonds is 6. The number of anilines is 1. The number of carbonyl (C=O) groups excluding carboxylic acids is 1. The van der Waals surface area contributed by atoms with Crippen molar-refractivity contribution in [1.82, 2.24) is 14.1 Å². The van der Waals surface area contributed by atoms with E-state index in [4.69, 9.17) is 0 Å². The number of carbonyl (C=O) groups is 1. The fraction of sp³-hybridized carbons (Fsp3) is 0.136. The Hall–Kier alpha value is -3.65. The highest BCUT2D eigenvalue weighted by Gasteiger charge is 2.33. The van der Waals surface area contributed by atoms with Crippen molar-refractivity contribution in [2.75, 3.05) is 4.72 Å². The lowest BCUT2D eigenvalue weighted by Gasteiger charge is -2.18. The lowest BCUT2D eigenvalue weighted by atomic mass is 10.1. The highest BCUT2D eigenvalue weighted by atomic mass is 32.2. The Labute approximate surface area is 205 Å². The van der Waals surface area contributed by atoms with Crippen LogP contribution in [-0.2, 0) is 16.2 Å². The summed E-state index contributed by atoms with van der Waals surface area (Å²) < 4.78 is 103. The number of aromatic nitrogens is 2. The molecule has 3 aromatic carbocycles. The van der Waals surface area contributed by atoms with E-state index in [2.05, 4.69) is 14.1 Å². The molecule has 1 aromatic heterocycles. The third-order valence-electron chi connectivity index (χ3n) is 5.15. The Kier molecular flexibility index (Phi) is 6.66. The molecule has 0 spiro atoms. The number of amides is 1. The summed E-state index contributed by atoms with van der Waals surface area (Å²) in [5.74, 6) is -2.77. The van der Waals surface area contributed by atoms with Gasteiger partial charge in [-0.3, -0.25) is 9.52 Å². The lowest BCUT2D eigenvalue weighted by molar-refractivity contribution is -0.137. The Morgan fingerprint density at radius 3 is 2.47 bits per heavy atom. The van der Waals surface area contributed by atoms with E-state index in [0.717, 1.165) is 29.9 Å². The van der Waals surface area contributed by atoms with Crippen LogP contribution in [0.3, 0.4) is 0 Å². The minimum absolute atomic E-state index is 0.00776. The number of halogens is 5. The molecule has 1 heterocycles. The molecule has 4 rings (SSSR count). The van der Waals surface area contributed by atoms with Crippen LogP contribution in [0.2, 0.25) is 0 Å². The third-order valence-corrected chi connectivity index (χ3v) is 7.09. The first-order valence-corrected chi connectivity index (χ1v) is 12.3. The average Bonchev–Trinajstić information content (AvgIpc) is 3.26. The number of hydrogen-bond donors (Lipinski definition) is 2. The minimum atomic E-state index is -4.83. The molecule has 36 heavy (non-hydrogen) atoms. The minimum Gasteiger partial charge on any atom is -0.345 e. The maximum Gasteiger partial charge on any atom is 0.416 e. The van der Waals surface area contributed by atoms with E-state index in [-0.39, 0.29) is 21.5 Å². The molecule has 0 radical (unpaired) electrons. The lowest BCUT2D eigenvalue weighted by Crippen LogP contribution is -2.29. The van der Waals surface area contributed by atoms with Crippen molar-refractivity contribution in [3.8, 4) is 0 Å². The molecule has 7 nitrogen and oxygen atoms in total. The smallest absolute Gasteiger partial charge is 0.345 e. The molecule has 0 bridgehead atoms. The van der Waals surface area contributed by atoms with Crippen molar-refractivity contribution in [2.24, 2.45) is 0 Å². The number of nitrogens with one attached hydrogen (secondary N) is 2. The third kappa shape index (κ3) is 5.14. The Bertz CT molecular complexity index is 1570. The van der Waals surface area contributed by atoms with Crippen LogP contribution in [0.25, 0.3) is 11.0 Å². The van der Waals surface area contributed by atoms with Crippen LogP contribution in [0.4, 0.5) is 27.6 Å². The fourth-order valence-corrected chi connectivity index (χ4v) is 5.24. The summed E-state index contributed by atoms with van der Waals surface area (Å²) in [7, 11) is -4.52. The van der Waals surface area contributed by atoms with Gasteiger partial charge in [0.1, 0.15) is 27.6 Å². The average molecular weight is 543 g/mol. The van der Waals surface area contributed by atoms with Crippen molar-refractivity contribution in [1.29, 1.82) is 0 Å². The molecule has 1 atom stereocenters. The van der Waals surface area contributed by atoms with Crippen LogP contribution in [-0.4, -0.2) is 23.1 Å². The topological polar surface area (TPSA) is 101 Å². The van der Waals surface area contributed by atoms with E-state index in [9.17, 15) is 35.2 Å². The molecular formula is C22H15F5N4O3S2. The molecule has 2 N–H and O–H groups in total. The zero-order valence-corrected chi connectivity index (χ0v) is 19.7. The number of fused-ring (bicyclic) bond motifs is 1. The molecular weight excluding hydrogens is 527 g/mol. The summed E-state index contributed by atoms with van der Waals surface area (Å²) in [6.07, 6.45) is -4.83. The number of sulfonamides is 1. The molecule has 0 saturated carbocycles. The van der Waals surface area contributed by atoms with Gasteiger partial charge >= 0.3 is 6.18 Å². The van der Waals surface area contributed by atoms with Gasteiger partial charge in [-0.25, -0.2) is 17.2 Å². The maximum absolute atomic E-state index is 14.1. The van der Waals surface area contributed by atoms with Gasteiger partial charge in [-0.15, -0.1) is 0 Å². The summed E-state index contributed by atoms with van der Waals surface area (Å²) in [6, 6.07) is 7.65. The molecule has 0 fully saturated rings. The van der Waals surface area contributed by atoms with Gasteiger partial charge in [-0.05, 0) is 43.3 Å². The van der Waals surface area contributed by atoms with Crippen molar-refractivity contribution >= 4 is 44.4 Å². The molecule has 0 aliphatic carbocycles. The second kappa shape index (κ2) is 9.43. The highest BCUT2D eigenvalue weighted by Crippen LogP contribution is 2.34. The van der Waals surface area contributed by atoms with Crippen molar-refractivity contribution in [3.63, 3.8) is 0 Å². The zero-order chi connectivity index (χ0) is 26.3. The molecule has 0 aliphatic rings. The van der Waals surface area contributed by atoms with Crippen molar-refractivity contribution < 1.29 is 35.2 Å². The van der Waals surface area contributed by atoms with Crippen molar-refractivity contribution in [3.05, 3.63) is 82.9 Å². The maximum atomic E-state index is 14.1. The van der Waals surface area contributed by atoms with Gasteiger partial charge in [0.25, 0.3) is 15.9 Å². The second-order valence-electron chi connectivity index (χ2n) is 7.61. The molecule has 0 aliphatic heterocycles. The summed E-state index contributed by atoms with van der Waals surface area (Å²) in [6.45, 7) is 1.37. The van der Waals surface area contributed by atoms with E-state index in [1.54, 1.807) is 0 Å². The van der Waals surface area contributed by atoms with Gasteiger partial charge in [0.05, 0.1) is 34.6 Å². The van der Waals surface area contributed by atoms with Crippen LogP contribution < -0.4 is 10.0 Å². The summed E-state index contributed by atoms with van der Waals surface area (Å²) in [5.41, 5.74) is -2.13. The van der Waals surface area contributed by atoms with Gasteiger partial charge in [0.15, 0.2) is 0 Å². The second-order valence-corrected chi connectivity index (χ2v) is 9.79. The first kappa shape index (κ1) is 25.4. The van der Waals surface area contributed by atoms with Crippen LogP contribution in [0, 0.1) is 11.6 Å². The Balaban J connectivity index is 1.72. The first-order valence-electron chi connectivity index (χ1n) is 10.1. The van der Waals surface area contributed by atoms with E-state index in [1.807, 2.05) is 4.72 Å². The molecule has 1 amide bonds. The predicted molar refractivity (Wildman–Crippen MR) is 122 cm³/mol. The molecule has 1 unspecified atom stereocenters. The van der Waals surface area contributed by atoms with Crippen LogP contribution in [0.15, 0.2) is 59.5 Å². The molecule has 0 saturated heterocycles. The van der Waals surface area contributed by atoms with Crippen LogP contribution >= 0.6 is 11.7 Å². The summed E-state index contributed by atoms with van der Waals surface area (Å²) in [5, 5.41) is 2.38. The van der Waals surface area contributed by atoms with E-state index in [0.29, 0.717) is 18.2 Å². The summed E-state index contributed by atoms with van der Waals surface area (Å²) in [4.78, 5) is 12.6. The first-order chi connectivity index (χ1) is 16.9. The van der Waals surface area contributed by atoms with Gasteiger partial charge in [-0.1, -0.05) is 12.1 Å². The number of alkyl halides is 3. The van der Waals surface area contributed by atoms with Crippen LogP contribution in [0.5, 0.6) is 0 Å². The van der Waals surface area contributed by atoms with Gasteiger partial charge < -0.3 is 5.32 Å². The summed E-state index contributed by atoms with van der Waals surface area (Å²) >= 11 is 0.751. The fourth-order valence-electron chi connectivity index (χ4n) is 3.41. The monoisotopic (exact) mass is 542 g/mol. The standard InChI is InChI=1S/C22H15F5N4O3S2/c1-11(14-8-6-13(23)10-16(14)24)28-21(32)15-7-5-12(22(25,26)27)9-18(15)31-36(33,34)19-4-2-3-17-20(19)30-35-29-17/h2-11,31H,1H3,(H,28,32). The van der Waals surface area contributed by atoms with Gasteiger partial charge in [0.2, 0.25) is 0 Å². The number of hydrogen-bond acceptors (Lipinski definition) is 6. The Morgan fingerprint density at radius 2 is 1.78 bits per heavy atom. The zero-order valence-electron chi connectivity index (χ0n) is 18.1.